The van der Waals surface area contributed by atoms with Gasteiger partial charge >= 0.3 is 5.97 Å². The normalized spacial score (nSPS) is 15.9. The van der Waals surface area contributed by atoms with Crippen molar-refractivity contribution < 1.29 is 23.1 Å². The van der Waals surface area contributed by atoms with E-state index in [-0.39, 0.29) is 23.3 Å². The second-order valence-corrected chi connectivity index (χ2v) is 7.38. The molecule has 0 radical (unpaired) electrons. The number of sulfonamides is 1. The molecule has 1 aliphatic carbocycles. The molecule has 0 aliphatic heterocycles. The fourth-order valence-electron chi connectivity index (χ4n) is 1.96. The minimum absolute atomic E-state index is 0.0552. The molecule has 0 bridgehead atoms. The molecule has 1 saturated carbocycles. The summed E-state index contributed by atoms with van der Waals surface area (Å²) in [7, 11) is -3.47. The van der Waals surface area contributed by atoms with Crippen LogP contribution in [0.1, 0.15) is 31.7 Å². The van der Waals surface area contributed by atoms with Gasteiger partial charge in [0, 0.05) is 12.5 Å². The van der Waals surface area contributed by atoms with Crippen molar-refractivity contribution in [2.45, 2.75) is 49.6 Å². The second-order valence-electron chi connectivity index (χ2n) is 5.67. The van der Waals surface area contributed by atoms with E-state index in [2.05, 4.69) is 10.0 Å². The molecule has 1 amide bonds. The number of amides is 1. The van der Waals surface area contributed by atoms with E-state index < -0.39 is 22.0 Å². The molecule has 1 aromatic carbocycles. The Morgan fingerprint density at radius 2 is 1.87 bits per heavy atom. The van der Waals surface area contributed by atoms with Gasteiger partial charge in [-0.15, -0.1) is 0 Å². The van der Waals surface area contributed by atoms with Crippen molar-refractivity contribution in [1.82, 2.24) is 10.0 Å². The molecule has 8 heteroatoms. The number of hydrogen-bond donors (Lipinski definition) is 3. The molecule has 0 spiro atoms. The molecule has 23 heavy (non-hydrogen) atoms. The number of rotatable bonds is 8. The first-order chi connectivity index (χ1) is 10.8. The van der Waals surface area contributed by atoms with Crippen LogP contribution in [0.2, 0.25) is 0 Å². The molecule has 0 heterocycles. The van der Waals surface area contributed by atoms with Crippen molar-refractivity contribution in [3.63, 3.8) is 0 Å². The molecule has 1 unspecified atom stereocenters. The number of hydrogen-bond acceptors (Lipinski definition) is 4. The molecule has 1 fully saturated rings. The number of carboxylic acid groups (broad SMARTS) is 1. The monoisotopic (exact) mass is 340 g/mol. The molecule has 0 aromatic heterocycles. The molecule has 3 N–H and O–H groups in total. The summed E-state index contributed by atoms with van der Waals surface area (Å²) in [4.78, 5) is 22.5. The van der Waals surface area contributed by atoms with Crippen molar-refractivity contribution in [1.29, 1.82) is 0 Å². The third-order valence-electron chi connectivity index (χ3n) is 3.52. The van der Waals surface area contributed by atoms with Gasteiger partial charge in [-0.3, -0.25) is 9.59 Å². The first-order valence-corrected chi connectivity index (χ1v) is 8.89. The lowest BCUT2D eigenvalue weighted by Gasteiger charge is -2.09. The SMILES string of the molecule is CC(NC(=O)CCc1ccc(S(=O)(=O)NC2CC2)cc1)C(=O)O. The van der Waals surface area contributed by atoms with Crippen LogP contribution in [0.3, 0.4) is 0 Å². The van der Waals surface area contributed by atoms with Crippen LogP contribution in [-0.2, 0) is 26.0 Å². The summed E-state index contributed by atoms with van der Waals surface area (Å²) in [5, 5.41) is 11.1. The first-order valence-electron chi connectivity index (χ1n) is 7.41. The van der Waals surface area contributed by atoms with Gasteiger partial charge < -0.3 is 10.4 Å². The van der Waals surface area contributed by atoms with Crippen molar-refractivity contribution in [3.05, 3.63) is 29.8 Å². The summed E-state index contributed by atoms with van der Waals surface area (Å²) in [6.07, 6.45) is 2.31. The predicted molar refractivity (Wildman–Crippen MR) is 83.3 cm³/mol. The zero-order valence-corrected chi connectivity index (χ0v) is 13.6. The summed E-state index contributed by atoms with van der Waals surface area (Å²) in [5.41, 5.74) is 0.813. The third kappa shape index (κ3) is 5.33. The van der Waals surface area contributed by atoms with Crippen LogP contribution in [0.5, 0.6) is 0 Å². The van der Waals surface area contributed by atoms with Gasteiger partial charge in [-0.25, -0.2) is 13.1 Å². The highest BCUT2D eigenvalue weighted by Gasteiger charge is 2.27. The molecule has 126 valence electrons. The molecule has 1 aromatic rings. The van der Waals surface area contributed by atoms with Crippen LogP contribution in [0.25, 0.3) is 0 Å². The Hall–Kier alpha value is -1.93. The number of carbonyl (C=O) groups excluding carboxylic acids is 1. The van der Waals surface area contributed by atoms with Crippen LogP contribution in [0, 0.1) is 0 Å². The van der Waals surface area contributed by atoms with Crippen LogP contribution >= 0.6 is 0 Å². The van der Waals surface area contributed by atoms with Gasteiger partial charge in [-0.05, 0) is 43.9 Å². The van der Waals surface area contributed by atoms with Crippen LogP contribution in [0.4, 0.5) is 0 Å². The quantitative estimate of drug-likeness (QED) is 0.643. The number of carbonyl (C=O) groups is 2. The number of aliphatic carboxylic acids is 1. The zero-order chi connectivity index (χ0) is 17.0. The number of benzene rings is 1. The topological polar surface area (TPSA) is 113 Å². The fourth-order valence-corrected chi connectivity index (χ4v) is 3.26. The molecule has 1 atom stereocenters. The maximum absolute atomic E-state index is 12.0. The molecule has 0 saturated heterocycles. The Balaban J connectivity index is 1.87. The lowest BCUT2D eigenvalue weighted by molar-refractivity contribution is -0.141. The van der Waals surface area contributed by atoms with E-state index in [1.54, 1.807) is 12.1 Å². The second kappa shape index (κ2) is 7.10. The van der Waals surface area contributed by atoms with E-state index in [1.807, 2.05) is 0 Å². The van der Waals surface area contributed by atoms with Crippen LogP contribution in [-0.4, -0.2) is 37.5 Å². The van der Waals surface area contributed by atoms with E-state index in [0.29, 0.717) is 6.42 Å². The van der Waals surface area contributed by atoms with E-state index in [4.69, 9.17) is 5.11 Å². The standard InChI is InChI=1S/C15H20N2O5S/c1-10(15(19)20)16-14(18)9-4-11-2-7-13(8-3-11)23(21,22)17-12-5-6-12/h2-3,7-8,10,12,17H,4-6,9H2,1H3,(H,16,18)(H,19,20). The van der Waals surface area contributed by atoms with Crippen LogP contribution in [0.15, 0.2) is 29.2 Å². The lowest BCUT2D eigenvalue weighted by Crippen LogP contribution is -2.38. The van der Waals surface area contributed by atoms with Crippen LogP contribution < -0.4 is 10.0 Å². The van der Waals surface area contributed by atoms with Gasteiger partial charge in [0.05, 0.1) is 4.90 Å². The lowest BCUT2D eigenvalue weighted by atomic mass is 10.1. The molecular formula is C15H20N2O5S. The maximum atomic E-state index is 12.0. The largest absolute Gasteiger partial charge is 0.480 e. The van der Waals surface area contributed by atoms with Gasteiger partial charge in [0.25, 0.3) is 0 Å². The highest BCUT2D eigenvalue weighted by Crippen LogP contribution is 2.22. The Kier molecular flexibility index (Phi) is 5.38. The number of aryl methyl sites for hydroxylation is 1. The molecule has 1 aliphatic rings. The summed E-state index contributed by atoms with van der Waals surface area (Å²) < 4.78 is 26.6. The minimum atomic E-state index is -3.47. The summed E-state index contributed by atoms with van der Waals surface area (Å²) in [5.74, 6) is -1.44. The average molecular weight is 340 g/mol. The van der Waals surface area contributed by atoms with Gasteiger partial charge in [0.1, 0.15) is 6.04 Å². The summed E-state index contributed by atoms with van der Waals surface area (Å²) in [6, 6.07) is 5.48. The maximum Gasteiger partial charge on any atom is 0.325 e. The number of carboxylic acids is 1. The highest BCUT2D eigenvalue weighted by atomic mass is 32.2. The van der Waals surface area contributed by atoms with Crippen molar-refractivity contribution >= 4 is 21.9 Å². The van der Waals surface area contributed by atoms with Gasteiger partial charge in [0.15, 0.2) is 0 Å². The Bertz CT molecular complexity index is 680. The van der Waals surface area contributed by atoms with E-state index in [0.717, 1.165) is 18.4 Å². The molecule has 2 rings (SSSR count). The molecular weight excluding hydrogens is 320 g/mol. The van der Waals surface area contributed by atoms with Gasteiger partial charge in [-0.1, -0.05) is 12.1 Å². The number of nitrogens with one attached hydrogen (secondary N) is 2. The van der Waals surface area contributed by atoms with E-state index in [1.165, 1.54) is 19.1 Å². The zero-order valence-electron chi connectivity index (χ0n) is 12.8. The Morgan fingerprint density at radius 3 is 2.39 bits per heavy atom. The average Bonchev–Trinajstić information content (AvgIpc) is 3.28. The highest BCUT2D eigenvalue weighted by molar-refractivity contribution is 7.89. The van der Waals surface area contributed by atoms with Gasteiger partial charge in [0.2, 0.25) is 15.9 Å². The van der Waals surface area contributed by atoms with E-state index in [9.17, 15) is 18.0 Å². The minimum Gasteiger partial charge on any atom is -0.480 e. The fraction of sp³-hybridized carbons (Fsp3) is 0.467. The van der Waals surface area contributed by atoms with E-state index >= 15 is 0 Å². The Labute approximate surface area is 135 Å². The smallest absolute Gasteiger partial charge is 0.325 e. The third-order valence-corrected chi connectivity index (χ3v) is 5.06. The van der Waals surface area contributed by atoms with Crippen molar-refractivity contribution in [3.8, 4) is 0 Å². The van der Waals surface area contributed by atoms with Crippen molar-refractivity contribution in [2.75, 3.05) is 0 Å². The van der Waals surface area contributed by atoms with Crippen molar-refractivity contribution in [2.24, 2.45) is 0 Å². The molecule has 7 nitrogen and oxygen atoms in total. The first kappa shape index (κ1) is 17.4. The van der Waals surface area contributed by atoms with Gasteiger partial charge in [-0.2, -0.15) is 0 Å². The predicted octanol–water partition coefficient (Wildman–Crippen LogP) is 0.649. The Morgan fingerprint density at radius 1 is 1.26 bits per heavy atom. The summed E-state index contributed by atoms with van der Waals surface area (Å²) >= 11 is 0. The summed E-state index contributed by atoms with van der Waals surface area (Å²) in [6.45, 7) is 1.40.